The molecule has 2 bridgehead atoms. The van der Waals surface area contributed by atoms with Crippen LogP contribution < -0.4 is 5.32 Å². The molecule has 1 N–H and O–H groups in total. The van der Waals surface area contributed by atoms with E-state index in [1.54, 1.807) is 0 Å². The summed E-state index contributed by atoms with van der Waals surface area (Å²) < 4.78 is 0. The van der Waals surface area contributed by atoms with Gasteiger partial charge in [-0.15, -0.1) is 0 Å². The average molecular weight is 208 g/mol. The summed E-state index contributed by atoms with van der Waals surface area (Å²) in [6.45, 7) is 2.58. The minimum Gasteiger partial charge on any atom is -0.311 e. The number of fused-ring (bicyclic) bond motifs is 2. The first-order valence-electron chi connectivity index (χ1n) is 6.76. The standard InChI is InChI=1S/C13H24N2/c1-15-6-4-12(5-7-15)14-13-9-10-2-3-11(13)8-10/h10-14H,2-9H2,1H3/t10-,11-,13-/m0/s1. The van der Waals surface area contributed by atoms with Crippen LogP contribution in [-0.2, 0) is 0 Å². The summed E-state index contributed by atoms with van der Waals surface area (Å²) in [5.41, 5.74) is 0. The van der Waals surface area contributed by atoms with Crippen molar-refractivity contribution in [1.82, 2.24) is 10.2 Å². The molecular formula is C13H24N2. The molecule has 3 fully saturated rings. The lowest BCUT2D eigenvalue weighted by Crippen LogP contribution is -2.46. The van der Waals surface area contributed by atoms with Gasteiger partial charge in [-0.25, -0.2) is 0 Å². The SMILES string of the molecule is CN1CCC(N[C@H]2C[C@H]3CC[C@H]2C3)CC1. The molecule has 0 radical (unpaired) electrons. The maximum absolute atomic E-state index is 3.94. The quantitative estimate of drug-likeness (QED) is 0.745. The molecule has 0 unspecified atom stereocenters. The zero-order valence-corrected chi connectivity index (χ0v) is 9.91. The lowest BCUT2D eigenvalue weighted by molar-refractivity contribution is 0.209. The Morgan fingerprint density at radius 2 is 1.80 bits per heavy atom. The molecule has 86 valence electrons. The first-order valence-corrected chi connectivity index (χ1v) is 6.76. The van der Waals surface area contributed by atoms with Crippen LogP contribution in [0.1, 0.15) is 38.5 Å². The maximum Gasteiger partial charge on any atom is 0.0101 e. The molecule has 15 heavy (non-hydrogen) atoms. The molecule has 0 aromatic carbocycles. The predicted molar refractivity (Wildman–Crippen MR) is 62.9 cm³/mol. The molecule has 3 aliphatic rings. The summed E-state index contributed by atoms with van der Waals surface area (Å²) in [6, 6.07) is 1.71. The Kier molecular flexibility index (Phi) is 2.73. The van der Waals surface area contributed by atoms with Gasteiger partial charge in [-0.1, -0.05) is 6.42 Å². The molecule has 2 nitrogen and oxygen atoms in total. The van der Waals surface area contributed by atoms with Crippen molar-refractivity contribution in [2.75, 3.05) is 20.1 Å². The first kappa shape index (κ1) is 10.1. The number of nitrogens with zero attached hydrogens (tertiary/aromatic N) is 1. The van der Waals surface area contributed by atoms with E-state index in [2.05, 4.69) is 17.3 Å². The number of nitrogens with one attached hydrogen (secondary N) is 1. The van der Waals surface area contributed by atoms with Gasteiger partial charge in [0.05, 0.1) is 0 Å². The van der Waals surface area contributed by atoms with Crippen LogP contribution in [-0.4, -0.2) is 37.1 Å². The Labute approximate surface area is 93.4 Å². The molecular weight excluding hydrogens is 184 g/mol. The minimum atomic E-state index is 0.825. The normalized spacial score (nSPS) is 42.6. The van der Waals surface area contributed by atoms with Gasteiger partial charge in [-0.3, -0.25) is 0 Å². The molecule has 1 aliphatic heterocycles. The summed E-state index contributed by atoms with van der Waals surface area (Å²) in [7, 11) is 2.24. The van der Waals surface area contributed by atoms with Gasteiger partial charge in [0.25, 0.3) is 0 Å². The Bertz CT molecular complexity index is 221. The van der Waals surface area contributed by atoms with E-state index in [0.29, 0.717) is 0 Å². The molecule has 0 amide bonds. The third kappa shape index (κ3) is 2.07. The Morgan fingerprint density at radius 1 is 1.00 bits per heavy atom. The molecule has 2 saturated carbocycles. The van der Waals surface area contributed by atoms with E-state index in [9.17, 15) is 0 Å². The molecule has 0 spiro atoms. The highest BCUT2D eigenvalue weighted by Gasteiger charge is 2.40. The number of piperidine rings is 1. The number of rotatable bonds is 2. The van der Waals surface area contributed by atoms with Crippen LogP contribution in [0, 0.1) is 11.8 Å². The molecule has 2 heteroatoms. The number of likely N-dealkylation sites (tertiary alicyclic amines) is 1. The van der Waals surface area contributed by atoms with E-state index < -0.39 is 0 Å². The first-order chi connectivity index (χ1) is 7.31. The van der Waals surface area contributed by atoms with Gasteiger partial charge >= 0.3 is 0 Å². The van der Waals surface area contributed by atoms with E-state index in [-0.39, 0.29) is 0 Å². The fourth-order valence-corrected chi connectivity index (χ4v) is 3.93. The lowest BCUT2D eigenvalue weighted by Gasteiger charge is -2.34. The second kappa shape index (κ2) is 4.06. The smallest absolute Gasteiger partial charge is 0.0101 e. The zero-order valence-electron chi connectivity index (χ0n) is 9.91. The van der Waals surface area contributed by atoms with Gasteiger partial charge in [0.1, 0.15) is 0 Å². The molecule has 0 aromatic heterocycles. The number of hydrogen-bond acceptors (Lipinski definition) is 2. The van der Waals surface area contributed by atoms with Gasteiger partial charge in [0.2, 0.25) is 0 Å². The van der Waals surface area contributed by atoms with E-state index in [1.165, 1.54) is 51.6 Å². The van der Waals surface area contributed by atoms with Crippen molar-refractivity contribution >= 4 is 0 Å². The lowest BCUT2D eigenvalue weighted by atomic mass is 9.93. The van der Waals surface area contributed by atoms with Crippen LogP contribution in [0.5, 0.6) is 0 Å². The van der Waals surface area contributed by atoms with Crippen molar-refractivity contribution in [3.05, 3.63) is 0 Å². The summed E-state index contributed by atoms with van der Waals surface area (Å²) in [4.78, 5) is 2.46. The van der Waals surface area contributed by atoms with Crippen molar-refractivity contribution in [3.63, 3.8) is 0 Å². The third-order valence-electron chi connectivity index (χ3n) is 4.91. The van der Waals surface area contributed by atoms with Crippen molar-refractivity contribution in [3.8, 4) is 0 Å². The molecule has 1 saturated heterocycles. The molecule has 3 rings (SSSR count). The van der Waals surface area contributed by atoms with Gasteiger partial charge in [0, 0.05) is 12.1 Å². The van der Waals surface area contributed by atoms with Crippen LogP contribution in [0.25, 0.3) is 0 Å². The van der Waals surface area contributed by atoms with Crippen LogP contribution in [0.2, 0.25) is 0 Å². The summed E-state index contributed by atoms with van der Waals surface area (Å²) in [5, 5.41) is 3.94. The zero-order chi connectivity index (χ0) is 10.3. The highest BCUT2D eigenvalue weighted by molar-refractivity contribution is 4.95. The highest BCUT2D eigenvalue weighted by Crippen LogP contribution is 2.44. The second-order valence-corrected chi connectivity index (χ2v) is 6.03. The second-order valence-electron chi connectivity index (χ2n) is 6.03. The van der Waals surface area contributed by atoms with Crippen molar-refractivity contribution < 1.29 is 0 Å². The monoisotopic (exact) mass is 208 g/mol. The largest absolute Gasteiger partial charge is 0.311 e. The van der Waals surface area contributed by atoms with E-state index in [1.807, 2.05) is 0 Å². The van der Waals surface area contributed by atoms with Gasteiger partial charge in [-0.05, 0) is 64.1 Å². The topological polar surface area (TPSA) is 15.3 Å². The predicted octanol–water partition coefficient (Wildman–Crippen LogP) is 1.86. The molecule has 0 aromatic rings. The average Bonchev–Trinajstić information content (AvgIpc) is 2.83. The van der Waals surface area contributed by atoms with E-state index >= 15 is 0 Å². The third-order valence-corrected chi connectivity index (χ3v) is 4.91. The highest BCUT2D eigenvalue weighted by atomic mass is 15.1. The number of hydrogen-bond donors (Lipinski definition) is 1. The van der Waals surface area contributed by atoms with E-state index in [4.69, 9.17) is 0 Å². The molecule has 3 atom stereocenters. The van der Waals surface area contributed by atoms with Crippen LogP contribution in [0.3, 0.4) is 0 Å². The summed E-state index contributed by atoms with van der Waals surface area (Å²) >= 11 is 0. The molecule has 2 aliphatic carbocycles. The van der Waals surface area contributed by atoms with Crippen LogP contribution in [0.4, 0.5) is 0 Å². The maximum atomic E-state index is 3.94. The van der Waals surface area contributed by atoms with Crippen LogP contribution >= 0.6 is 0 Å². The van der Waals surface area contributed by atoms with Gasteiger partial charge in [-0.2, -0.15) is 0 Å². The van der Waals surface area contributed by atoms with E-state index in [0.717, 1.165) is 23.9 Å². The van der Waals surface area contributed by atoms with Gasteiger partial charge < -0.3 is 10.2 Å². The Morgan fingerprint density at radius 3 is 2.40 bits per heavy atom. The van der Waals surface area contributed by atoms with Crippen LogP contribution in [0.15, 0.2) is 0 Å². The summed E-state index contributed by atoms with van der Waals surface area (Å²) in [6.07, 6.45) is 8.78. The Hall–Kier alpha value is -0.0800. The minimum absolute atomic E-state index is 0.825. The van der Waals surface area contributed by atoms with Crippen molar-refractivity contribution in [1.29, 1.82) is 0 Å². The fourth-order valence-electron chi connectivity index (χ4n) is 3.93. The Balaban J connectivity index is 1.49. The van der Waals surface area contributed by atoms with Crippen molar-refractivity contribution in [2.24, 2.45) is 11.8 Å². The van der Waals surface area contributed by atoms with Gasteiger partial charge in [0.15, 0.2) is 0 Å². The summed E-state index contributed by atoms with van der Waals surface area (Å²) in [5.74, 6) is 2.12. The molecule has 1 heterocycles. The van der Waals surface area contributed by atoms with Crippen molar-refractivity contribution in [2.45, 2.75) is 50.6 Å². The fraction of sp³-hybridized carbons (Fsp3) is 1.00.